The molecule has 0 saturated heterocycles. The van der Waals surface area contributed by atoms with Crippen LogP contribution in [0.2, 0.25) is 0 Å². The van der Waals surface area contributed by atoms with Gasteiger partial charge in [0.25, 0.3) is 0 Å². The molecule has 0 bridgehead atoms. The summed E-state index contributed by atoms with van der Waals surface area (Å²) in [7, 11) is 1.67. The third-order valence-electron chi connectivity index (χ3n) is 4.68. The summed E-state index contributed by atoms with van der Waals surface area (Å²) in [6.07, 6.45) is 0. The van der Waals surface area contributed by atoms with Crippen LogP contribution in [0.4, 0.5) is 5.69 Å². The Balaban J connectivity index is 2.39. The SMILES string of the molecule is COc1cccc2c1c1ccc(N)cc1n1c(C)c(C(C)=O)cc21. The zero-order chi connectivity index (χ0) is 17.0. The first-order chi connectivity index (χ1) is 11.5. The molecule has 0 saturated carbocycles. The molecule has 24 heavy (non-hydrogen) atoms. The van der Waals surface area contributed by atoms with E-state index in [4.69, 9.17) is 10.5 Å². The van der Waals surface area contributed by atoms with E-state index in [1.165, 1.54) is 0 Å². The minimum atomic E-state index is 0.0595. The molecule has 0 atom stereocenters. The van der Waals surface area contributed by atoms with Crippen molar-refractivity contribution in [2.45, 2.75) is 13.8 Å². The van der Waals surface area contributed by atoms with Gasteiger partial charge in [0.05, 0.1) is 18.1 Å². The highest BCUT2D eigenvalue weighted by Crippen LogP contribution is 2.38. The molecule has 4 aromatic rings. The van der Waals surface area contributed by atoms with Crippen molar-refractivity contribution in [3.05, 3.63) is 53.7 Å². The molecule has 120 valence electrons. The molecule has 0 aliphatic heterocycles. The number of aryl methyl sites for hydroxylation is 1. The van der Waals surface area contributed by atoms with Gasteiger partial charge in [0.2, 0.25) is 0 Å². The number of anilines is 1. The monoisotopic (exact) mass is 318 g/mol. The number of carbonyl (C=O) groups excluding carboxylic acids is 1. The van der Waals surface area contributed by atoms with E-state index in [0.717, 1.165) is 44.2 Å². The van der Waals surface area contributed by atoms with Crippen LogP contribution in [0, 0.1) is 6.92 Å². The number of hydrogen-bond donors (Lipinski definition) is 1. The Morgan fingerprint density at radius 2 is 1.79 bits per heavy atom. The normalized spacial score (nSPS) is 11.5. The van der Waals surface area contributed by atoms with Crippen LogP contribution in [-0.2, 0) is 0 Å². The molecule has 4 nitrogen and oxygen atoms in total. The Morgan fingerprint density at radius 1 is 1.08 bits per heavy atom. The van der Waals surface area contributed by atoms with Crippen LogP contribution < -0.4 is 10.5 Å². The number of aromatic nitrogens is 1. The number of nitrogens with zero attached hydrogens (tertiary/aromatic N) is 1. The largest absolute Gasteiger partial charge is 0.496 e. The number of rotatable bonds is 2. The number of fused-ring (bicyclic) bond motifs is 6. The van der Waals surface area contributed by atoms with Crippen LogP contribution in [0.1, 0.15) is 23.0 Å². The second-order valence-electron chi connectivity index (χ2n) is 6.08. The van der Waals surface area contributed by atoms with Gasteiger partial charge < -0.3 is 14.9 Å². The zero-order valence-electron chi connectivity index (χ0n) is 13.9. The lowest BCUT2D eigenvalue weighted by Crippen LogP contribution is -1.98. The van der Waals surface area contributed by atoms with Gasteiger partial charge in [0, 0.05) is 33.1 Å². The lowest BCUT2D eigenvalue weighted by molar-refractivity contribution is 0.101. The highest BCUT2D eigenvalue weighted by atomic mass is 16.5. The predicted octanol–water partition coefficient (Wildman–Crippen LogP) is 4.35. The van der Waals surface area contributed by atoms with E-state index in [0.29, 0.717) is 5.69 Å². The van der Waals surface area contributed by atoms with Gasteiger partial charge in [-0.25, -0.2) is 0 Å². The van der Waals surface area contributed by atoms with Crippen molar-refractivity contribution in [3.63, 3.8) is 0 Å². The van der Waals surface area contributed by atoms with E-state index in [1.54, 1.807) is 14.0 Å². The fraction of sp³-hybridized carbons (Fsp3) is 0.150. The summed E-state index contributed by atoms with van der Waals surface area (Å²) in [4.78, 5) is 12.0. The summed E-state index contributed by atoms with van der Waals surface area (Å²) in [5.74, 6) is 0.872. The first-order valence-electron chi connectivity index (χ1n) is 7.84. The number of hydrogen-bond acceptors (Lipinski definition) is 3. The van der Waals surface area contributed by atoms with Crippen molar-refractivity contribution in [2.75, 3.05) is 12.8 Å². The number of pyridine rings is 1. The average Bonchev–Trinajstić information content (AvgIpc) is 2.92. The van der Waals surface area contributed by atoms with Crippen molar-refractivity contribution in [2.24, 2.45) is 0 Å². The molecule has 2 heterocycles. The number of Topliss-reactive ketones (excluding diaryl/α,β-unsaturated/α-hetero) is 1. The van der Waals surface area contributed by atoms with Gasteiger partial charge in [0.1, 0.15) is 5.75 Å². The number of carbonyl (C=O) groups is 1. The van der Waals surface area contributed by atoms with E-state index in [1.807, 2.05) is 43.3 Å². The van der Waals surface area contributed by atoms with Gasteiger partial charge in [0.15, 0.2) is 5.78 Å². The predicted molar refractivity (Wildman–Crippen MR) is 98.1 cm³/mol. The first kappa shape index (κ1) is 14.6. The Morgan fingerprint density at radius 3 is 2.50 bits per heavy atom. The molecular weight excluding hydrogens is 300 g/mol. The summed E-state index contributed by atoms with van der Waals surface area (Å²) in [6, 6.07) is 13.8. The molecule has 0 amide bonds. The Kier molecular flexibility index (Phi) is 3.03. The zero-order valence-corrected chi connectivity index (χ0v) is 13.9. The molecule has 0 fully saturated rings. The summed E-state index contributed by atoms with van der Waals surface area (Å²) < 4.78 is 7.71. The smallest absolute Gasteiger partial charge is 0.161 e. The Labute approximate surface area is 139 Å². The summed E-state index contributed by atoms with van der Waals surface area (Å²) in [5.41, 5.74) is 10.4. The van der Waals surface area contributed by atoms with Gasteiger partial charge in [-0.1, -0.05) is 18.2 Å². The molecule has 4 heteroatoms. The van der Waals surface area contributed by atoms with Crippen LogP contribution in [0.15, 0.2) is 42.5 Å². The fourth-order valence-electron chi connectivity index (χ4n) is 3.61. The van der Waals surface area contributed by atoms with E-state index < -0.39 is 0 Å². The summed E-state index contributed by atoms with van der Waals surface area (Å²) in [6.45, 7) is 3.57. The Hall–Kier alpha value is -3.01. The highest BCUT2D eigenvalue weighted by molar-refractivity contribution is 6.17. The van der Waals surface area contributed by atoms with Crippen molar-refractivity contribution >= 4 is 38.7 Å². The van der Waals surface area contributed by atoms with E-state index in [9.17, 15) is 4.79 Å². The van der Waals surface area contributed by atoms with Crippen molar-refractivity contribution < 1.29 is 9.53 Å². The maximum Gasteiger partial charge on any atom is 0.161 e. The molecule has 0 unspecified atom stereocenters. The molecular formula is C20H18N2O2. The minimum absolute atomic E-state index is 0.0595. The van der Waals surface area contributed by atoms with Gasteiger partial charge in [-0.2, -0.15) is 0 Å². The third kappa shape index (κ3) is 1.83. The lowest BCUT2D eigenvalue weighted by Gasteiger charge is -2.13. The van der Waals surface area contributed by atoms with Crippen LogP contribution in [0.5, 0.6) is 5.75 Å². The number of methoxy groups -OCH3 is 1. The molecule has 4 rings (SSSR count). The van der Waals surface area contributed by atoms with E-state index in [-0.39, 0.29) is 5.78 Å². The summed E-state index contributed by atoms with van der Waals surface area (Å²) in [5, 5.41) is 3.15. The molecule has 2 aromatic carbocycles. The van der Waals surface area contributed by atoms with Crippen molar-refractivity contribution in [3.8, 4) is 5.75 Å². The number of benzene rings is 2. The van der Waals surface area contributed by atoms with Crippen LogP contribution >= 0.6 is 0 Å². The van der Waals surface area contributed by atoms with Crippen LogP contribution in [-0.4, -0.2) is 17.3 Å². The average molecular weight is 318 g/mol. The maximum atomic E-state index is 12.0. The van der Waals surface area contributed by atoms with Gasteiger partial charge in [-0.3, -0.25) is 4.79 Å². The molecule has 2 N–H and O–H groups in total. The summed E-state index contributed by atoms with van der Waals surface area (Å²) >= 11 is 0. The van der Waals surface area contributed by atoms with Gasteiger partial charge in [-0.15, -0.1) is 0 Å². The second-order valence-corrected chi connectivity index (χ2v) is 6.08. The second kappa shape index (κ2) is 4.99. The molecule has 0 spiro atoms. The lowest BCUT2D eigenvalue weighted by atomic mass is 10.0. The Bertz CT molecular complexity index is 1140. The minimum Gasteiger partial charge on any atom is -0.496 e. The maximum absolute atomic E-state index is 12.0. The van der Waals surface area contributed by atoms with Gasteiger partial charge >= 0.3 is 0 Å². The standard InChI is InChI=1S/C20H18N2O2/c1-11-16(12(2)23)10-18-14-5-4-6-19(24-3)20(14)15-8-7-13(21)9-17(15)22(11)18/h4-10H,21H2,1-3H3. The third-order valence-corrected chi connectivity index (χ3v) is 4.68. The van der Waals surface area contributed by atoms with E-state index >= 15 is 0 Å². The fourth-order valence-corrected chi connectivity index (χ4v) is 3.61. The van der Waals surface area contributed by atoms with Crippen LogP contribution in [0.25, 0.3) is 27.2 Å². The number of nitrogen functional groups attached to an aromatic ring is 1. The van der Waals surface area contributed by atoms with Crippen molar-refractivity contribution in [1.82, 2.24) is 4.40 Å². The van der Waals surface area contributed by atoms with Crippen molar-refractivity contribution in [1.29, 1.82) is 0 Å². The molecule has 0 aliphatic carbocycles. The highest BCUT2D eigenvalue weighted by Gasteiger charge is 2.17. The van der Waals surface area contributed by atoms with E-state index in [2.05, 4.69) is 10.5 Å². The number of nitrogens with two attached hydrogens (primary N) is 1. The molecule has 0 radical (unpaired) electrons. The molecule has 2 aromatic heterocycles. The van der Waals surface area contributed by atoms with Crippen LogP contribution in [0.3, 0.4) is 0 Å². The van der Waals surface area contributed by atoms with Gasteiger partial charge in [-0.05, 0) is 38.1 Å². The first-order valence-corrected chi connectivity index (χ1v) is 7.84. The topological polar surface area (TPSA) is 56.7 Å². The molecule has 0 aliphatic rings. The quantitative estimate of drug-likeness (QED) is 0.340. The number of ether oxygens (including phenoxy) is 1. The number of ketones is 1.